The van der Waals surface area contributed by atoms with Crippen LogP contribution in [0.3, 0.4) is 0 Å². The highest BCUT2D eigenvalue weighted by atomic mass is 32.2. The van der Waals surface area contributed by atoms with E-state index in [4.69, 9.17) is 9.29 Å². The van der Waals surface area contributed by atoms with Crippen LogP contribution >= 0.6 is 0 Å². The Morgan fingerprint density at radius 1 is 1.23 bits per heavy atom. The van der Waals surface area contributed by atoms with Gasteiger partial charge in [0.05, 0.1) is 23.4 Å². The summed E-state index contributed by atoms with van der Waals surface area (Å²) in [4.78, 5) is -0.161. The van der Waals surface area contributed by atoms with E-state index in [9.17, 15) is 8.42 Å². The zero-order chi connectivity index (χ0) is 16.0. The van der Waals surface area contributed by atoms with Crippen LogP contribution in [0.25, 0.3) is 0 Å². The molecule has 0 aliphatic rings. The van der Waals surface area contributed by atoms with E-state index >= 15 is 0 Å². The van der Waals surface area contributed by atoms with E-state index in [1.54, 1.807) is 6.21 Å². The summed E-state index contributed by atoms with van der Waals surface area (Å²) in [7, 11) is -4.17. The van der Waals surface area contributed by atoms with Crippen LogP contribution in [0.5, 0.6) is 5.75 Å². The molecule has 2 N–H and O–H groups in total. The Morgan fingerprint density at radius 2 is 1.95 bits per heavy atom. The zero-order valence-electron chi connectivity index (χ0n) is 11.9. The molecule has 0 fully saturated rings. The molecule has 0 radical (unpaired) electrons. The Kier molecular flexibility index (Phi) is 5.13. The van der Waals surface area contributed by atoms with Gasteiger partial charge in [-0.25, -0.2) is 0 Å². The van der Waals surface area contributed by atoms with E-state index in [2.05, 4.69) is 10.5 Å². The maximum Gasteiger partial charge on any atom is 0.294 e. The number of benzene rings is 2. The molecule has 0 bridgehead atoms. The van der Waals surface area contributed by atoms with Gasteiger partial charge in [0.1, 0.15) is 5.75 Å². The van der Waals surface area contributed by atoms with Crippen LogP contribution in [-0.4, -0.2) is 25.8 Å². The summed E-state index contributed by atoms with van der Waals surface area (Å²) in [6.07, 6.45) is 1.62. The minimum atomic E-state index is -4.17. The zero-order valence-corrected chi connectivity index (χ0v) is 12.7. The van der Waals surface area contributed by atoms with Crippen molar-refractivity contribution in [2.45, 2.75) is 11.8 Å². The standard InChI is InChI=1S/C15H16N2O4S/c1-2-21-14-5-3-4-12(10-14)11-16-17-13-6-8-15(9-7-13)22(18,19)20/h3-11,17H,2H2,1H3,(H,18,19,20)/b16-11+. The highest BCUT2D eigenvalue weighted by Crippen LogP contribution is 2.14. The maximum atomic E-state index is 10.9. The quantitative estimate of drug-likeness (QED) is 0.485. The molecule has 116 valence electrons. The fraction of sp³-hybridized carbons (Fsp3) is 0.133. The average Bonchev–Trinajstić information content (AvgIpc) is 2.48. The van der Waals surface area contributed by atoms with E-state index in [-0.39, 0.29) is 4.90 Å². The highest BCUT2D eigenvalue weighted by Gasteiger charge is 2.07. The van der Waals surface area contributed by atoms with Crippen LogP contribution in [0.15, 0.2) is 58.5 Å². The van der Waals surface area contributed by atoms with Gasteiger partial charge in [-0.1, -0.05) is 12.1 Å². The van der Waals surface area contributed by atoms with Gasteiger partial charge in [0, 0.05) is 0 Å². The number of hydrogen-bond donors (Lipinski definition) is 2. The largest absolute Gasteiger partial charge is 0.494 e. The predicted octanol–water partition coefficient (Wildman–Crippen LogP) is 2.78. The minimum Gasteiger partial charge on any atom is -0.494 e. The molecule has 0 aliphatic heterocycles. The Labute approximate surface area is 129 Å². The molecule has 6 nitrogen and oxygen atoms in total. The Morgan fingerprint density at radius 3 is 2.59 bits per heavy atom. The molecule has 0 heterocycles. The number of ether oxygens (including phenoxy) is 1. The van der Waals surface area contributed by atoms with Crippen LogP contribution < -0.4 is 10.2 Å². The Bertz CT molecular complexity index is 755. The first-order valence-corrected chi connectivity index (χ1v) is 8.02. The molecule has 7 heteroatoms. The number of hydrogen-bond acceptors (Lipinski definition) is 5. The van der Waals surface area contributed by atoms with Crippen molar-refractivity contribution < 1.29 is 17.7 Å². The summed E-state index contributed by atoms with van der Waals surface area (Å²) < 4.78 is 36.1. The van der Waals surface area contributed by atoms with Crippen LogP contribution in [0.2, 0.25) is 0 Å². The summed E-state index contributed by atoms with van der Waals surface area (Å²) in [5.41, 5.74) is 4.25. The van der Waals surface area contributed by atoms with Crippen molar-refractivity contribution in [2.75, 3.05) is 12.0 Å². The molecule has 22 heavy (non-hydrogen) atoms. The molecule has 0 atom stereocenters. The third kappa shape index (κ3) is 4.57. The lowest BCUT2D eigenvalue weighted by molar-refractivity contribution is 0.340. The molecule has 0 aliphatic carbocycles. The molecular weight excluding hydrogens is 304 g/mol. The first kappa shape index (κ1) is 16.0. The molecule has 0 unspecified atom stereocenters. The predicted molar refractivity (Wildman–Crippen MR) is 85.1 cm³/mol. The third-order valence-corrected chi connectivity index (χ3v) is 3.60. The number of nitrogens with one attached hydrogen (secondary N) is 1. The van der Waals surface area contributed by atoms with Crippen LogP contribution in [0, 0.1) is 0 Å². The van der Waals surface area contributed by atoms with E-state index < -0.39 is 10.1 Å². The van der Waals surface area contributed by atoms with Crippen LogP contribution in [0.4, 0.5) is 5.69 Å². The summed E-state index contributed by atoms with van der Waals surface area (Å²) in [6.45, 7) is 2.51. The van der Waals surface area contributed by atoms with Crippen molar-refractivity contribution in [3.05, 3.63) is 54.1 Å². The highest BCUT2D eigenvalue weighted by molar-refractivity contribution is 7.85. The lowest BCUT2D eigenvalue weighted by atomic mass is 10.2. The van der Waals surface area contributed by atoms with Crippen LogP contribution in [-0.2, 0) is 10.1 Å². The van der Waals surface area contributed by atoms with Gasteiger partial charge in [-0.3, -0.25) is 9.98 Å². The minimum absolute atomic E-state index is 0.161. The second-order valence-electron chi connectivity index (χ2n) is 4.37. The smallest absolute Gasteiger partial charge is 0.294 e. The maximum absolute atomic E-state index is 10.9. The summed E-state index contributed by atoms with van der Waals surface area (Å²) in [5.74, 6) is 0.768. The second-order valence-corrected chi connectivity index (χ2v) is 5.80. The van der Waals surface area contributed by atoms with E-state index in [0.29, 0.717) is 12.3 Å². The lowest BCUT2D eigenvalue weighted by Crippen LogP contribution is -1.98. The van der Waals surface area contributed by atoms with Gasteiger partial charge in [0.25, 0.3) is 10.1 Å². The van der Waals surface area contributed by atoms with E-state index in [1.165, 1.54) is 24.3 Å². The molecular formula is C15H16N2O4S. The molecule has 0 aromatic heterocycles. The summed E-state index contributed by atoms with van der Waals surface area (Å²) in [5, 5.41) is 4.06. The van der Waals surface area contributed by atoms with Crippen molar-refractivity contribution in [3.8, 4) is 5.75 Å². The number of anilines is 1. The molecule has 0 spiro atoms. The van der Waals surface area contributed by atoms with Gasteiger partial charge in [-0.15, -0.1) is 0 Å². The van der Waals surface area contributed by atoms with Gasteiger partial charge in [0.2, 0.25) is 0 Å². The number of hydrazone groups is 1. The van der Waals surface area contributed by atoms with Gasteiger partial charge < -0.3 is 4.74 Å². The normalized spacial score (nSPS) is 11.5. The van der Waals surface area contributed by atoms with Gasteiger partial charge in [-0.05, 0) is 48.9 Å². The topological polar surface area (TPSA) is 88.0 Å². The molecule has 0 saturated heterocycles. The van der Waals surface area contributed by atoms with Crippen molar-refractivity contribution in [1.82, 2.24) is 0 Å². The molecule has 2 rings (SSSR count). The van der Waals surface area contributed by atoms with Crippen LogP contribution in [0.1, 0.15) is 12.5 Å². The average molecular weight is 320 g/mol. The lowest BCUT2D eigenvalue weighted by Gasteiger charge is -2.03. The Balaban J connectivity index is 2.02. The Hall–Kier alpha value is -2.38. The van der Waals surface area contributed by atoms with Crippen molar-refractivity contribution in [1.29, 1.82) is 0 Å². The van der Waals surface area contributed by atoms with E-state index in [1.807, 2.05) is 31.2 Å². The monoisotopic (exact) mass is 320 g/mol. The third-order valence-electron chi connectivity index (χ3n) is 2.73. The molecule has 2 aromatic carbocycles. The number of nitrogens with zero attached hydrogens (tertiary/aromatic N) is 1. The second kappa shape index (κ2) is 7.06. The summed E-state index contributed by atoms with van der Waals surface area (Å²) in [6, 6.07) is 13.1. The fourth-order valence-corrected chi connectivity index (χ4v) is 2.21. The summed E-state index contributed by atoms with van der Waals surface area (Å²) >= 11 is 0. The first-order valence-electron chi connectivity index (χ1n) is 6.58. The first-order chi connectivity index (χ1) is 10.5. The van der Waals surface area contributed by atoms with Gasteiger partial charge >= 0.3 is 0 Å². The van der Waals surface area contributed by atoms with Gasteiger partial charge in [0.15, 0.2) is 0 Å². The molecule has 0 amide bonds. The SMILES string of the molecule is CCOc1cccc(/C=N/Nc2ccc(S(=O)(=O)O)cc2)c1. The molecule has 2 aromatic rings. The van der Waals surface area contributed by atoms with Crippen molar-refractivity contribution >= 4 is 22.0 Å². The van der Waals surface area contributed by atoms with Crippen molar-refractivity contribution in [3.63, 3.8) is 0 Å². The van der Waals surface area contributed by atoms with Gasteiger partial charge in [-0.2, -0.15) is 13.5 Å². The molecule has 0 saturated carbocycles. The van der Waals surface area contributed by atoms with E-state index in [0.717, 1.165) is 11.3 Å². The fourth-order valence-electron chi connectivity index (χ4n) is 1.73. The van der Waals surface area contributed by atoms with Crippen molar-refractivity contribution in [2.24, 2.45) is 5.10 Å². The number of rotatable bonds is 6.